The number of aromatic hydroxyl groups is 1. The number of nitrogens with zero attached hydrogens (tertiary/aromatic N) is 4. The molecular formula is C22H23N7O2S. The quantitative estimate of drug-likeness (QED) is 0.323. The summed E-state index contributed by atoms with van der Waals surface area (Å²) in [5.74, 6) is 1.22. The molecule has 2 aromatic carbocycles. The monoisotopic (exact) mass is 449 g/mol. The van der Waals surface area contributed by atoms with E-state index >= 15 is 0 Å². The number of anilines is 5. The van der Waals surface area contributed by atoms with Gasteiger partial charge in [0.1, 0.15) is 16.6 Å². The number of ether oxygens (including phenoxy) is 1. The zero-order valence-corrected chi connectivity index (χ0v) is 18.3. The predicted molar refractivity (Wildman–Crippen MR) is 128 cm³/mol. The SMILES string of the molecule is CSc1n[nH]c2nc(Nc3ccc(N4CCOCC4)cc3)nc(Nc3cccc(O)c3)c12. The van der Waals surface area contributed by atoms with Gasteiger partial charge >= 0.3 is 0 Å². The third-order valence-corrected chi connectivity index (χ3v) is 5.87. The Morgan fingerprint density at radius 3 is 2.59 bits per heavy atom. The molecule has 0 bridgehead atoms. The summed E-state index contributed by atoms with van der Waals surface area (Å²) in [5, 5.41) is 25.3. The van der Waals surface area contributed by atoms with E-state index < -0.39 is 0 Å². The molecule has 4 aromatic rings. The van der Waals surface area contributed by atoms with E-state index in [1.165, 1.54) is 17.4 Å². The van der Waals surface area contributed by atoms with Crippen LogP contribution >= 0.6 is 11.8 Å². The van der Waals surface area contributed by atoms with Crippen molar-refractivity contribution in [2.75, 3.05) is 48.1 Å². The molecule has 2 aromatic heterocycles. The minimum Gasteiger partial charge on any atom is -0.508 e. The predicted octanol–water partition coefficient (Wildman–Crippen LogP) is 4.10. The second-order valence-electron chi connectivity index (χ2n) is 7.30. The van der Waals surface area contributed by atoms with Gasteiger partial charge in [0.05, 0.1) is 18.6 Å². The Labute approximate surface area is 189 Å². The van der Waals surface area contributed by atoms with Crippen LogP contribution in [0.3, 0.4) is 0 Å². The molecule has 10 heteroatoms. The van der Waals surface area contributed by atoms with Crippen LogP contribution in [0.2, 0.25) is 0 Å². The summed E-state index contributed by atoms with van der Waals surface area (Å²) in [4.78, 5) is 11.6. The zero-order chi connectivity index (χ0) is 21.9. The lowest BCUT2D eigenvalue weighted by Crippen LogP contribution is -2.36. The Hall–Kier alpha value is -3.50. The van der Waals surface area contributed by atoms with E-state index in [1.807, 2.05) is 24.5 Å². The number of fused-ring (bicyclic) bond motifs is 1. The maximum atomic E-state index is 9.81. The Bertz CT molecular complexity index is 1220. The fourth-order valence-electron chi connectivity index (χ4n) is 3.62. The molecule has 0 aliphatic carbocycles. The van der Waals surface area contributed by atoms with Crippen molar-refractivity contribution in [1.82, 2.24) is 20.2 Å². The number of nitrogens with one attached hydrogen (secondary N) is 3. The first-order chi connectivity index (χ1) is 15.7. The van der Waals surface area contributed by atoms with Gasteiger partial charge in [0.2, 0.25) is 5.95 Å². The van der Waals surface area contributed by atoms with E-state index in [2.05, 4.69) is 42.8 Å². The fourth-order valence-corrected chi connectivity index (χ4v) is 4.16. The lowest BCUT2D eigenvalue weighted by Gasteiger charge is -2.28. The Balaban J connectivity index is 1.44. The van der Waals surface area contributed by atoms with Gasteiger partial charge in [-0.05, 0) is 42.7 Å². The third-order valence-electron chi connectivity index (χ3n) is 5.19. The number of aromatic nitrogens is 4. The molecule has 1 fully saturated rings. The number of hydrogen-bond acceptors (Lipinski definition) is 9. The highest BCUT2D eigenvalue weighted by Gasteiger charge is 2.16. The van der Waals surface area contributed by atoms with Crippen LogP contribution in [-0.4, -0.2) is 57.8 Å². The molecule has 1 aliphatic heterocycles. The van der Waals surface area contributed by atoms with Gasteiger partial charge in [-0.1, -0.05) is 6.07 Å². The topological polar surface area (TPSA) is 111 Å². The highest BCUT2D eigenvalue weighted by atomic mass is 32.2. The third kappa shape index (κ3) is 4.27. The maximum Gasteiger partial charge on any atom is 0.231 e. The zero-order valence-electron chi connectivity index (χ0n) is 17.5. The summed E-state index contributed by atoms with van der Waals surface area (Å²) < 4.78 is 5.43. The number of thioether (sulfide) groups is 1. The van der Waals surface area contributed by atoms with Gasteiger partial charge in [0.25, 0.3) is 0 Å². The van der Waals surface area contributed by atoms with Crippen molar-refractivity contribution < 1.29 is 9.84 Å². The molecule has 32 heavy (non-hydrogen) atoms. The van der Waals surface area contributed by atoms with E-state index in [1.54, 1.807) is 18.2 Å². The van der Waals surface area contributed by atoms with E-state index in [9.17, 15) is 5.11 Å². The van der Waals surface area contributed by atoms with Crippen molar-refractivity contribution in [2.45, 2.75) is 5.03 Å². The van der Waals surface area contributed by atoms with Crippen molar-refractivity contribution in [3.63, 3.8) is 0 Å². The average Bonchev–Trinajstić information content (AvgIpc) is 3.24. The van der Waals surface area contributed by atoms with Crippen molar-refractivity contribution in [3.8, 4) is 5.75 Å². The van der Waals surface area contributed by atoms with Gasteiger partial charge in [-0.25, -0.2) is 0 Å². The number of benzene rings is 2. The van der Waals surface area contributed by atoms with Crippen molar-refractivity contribution in [1.29, 1.82) is 0 Å². The van der Waals surface area contributed by atoms with E-state index in [0.717, 1.165) is 48.1 Å². The smallest absolute Gasteiger partial charge is 0.231 e. The first-order valence-electron chi connectivity index (χ1n) is 10.3. The lowest BCUT2D eigenvalue weighted by atomic mass is 10.2. The molecule has 0 amide bonds. The lowest BCUT2D eigenvalue weighted by molar-refractivity contribution is 0.122. The molecule has 1 aliphatic rings. The second kappa shape index (κ2) is 8.93. The molecule has 9 nitrogen and oxygen atoms in total. The Kier molecular flexibility index (Phi) is 5.70. The summed E-state index contributed by atoms with van der Waals surface area (Å²) in [6, 6.07) is 15.1. The van der Waals surface area contributed by atoms with E-state index in [0.29, 0.717) is 17.4 Å². The Morgan fingerprint density at radius 1 is 1.03 bits per heavy atom. The molecule has 0 radical (unpaired) electrons. The number of morpholine rings is 1. The fraction of sp³-hybridized carbons (Fsp3) is 0.227. The highest BCUT2D eigenvalue weighted by Crippen LogP contribution is 2.32. The van der Waals surface area contributed by atoms with Crippen LogP contribution in [0.4, 0.5) is 28.8 Å². The van der Waals surface area contributed by atoms with E-state index in [4.69, 9.17) is 9.72 Å². The second-order valence-corrected chi connectivity index (χ2v) is 8.09. The minimum absolute atomic E-state index is 0.177. The standard InChI is InChI=1S/C22H23N7O2S/c1-32-21-18-19(23-15-3-2-4-17(30)13-15)25-22(26-20(18)27-28-21)24-14-5-7-16(8-6-14)29-9-11-31-12-10-29/h2-8,13,30H,9-12H2,1H3,(H3,23,24,25,26,27,28). The van der Waals surface area contributed by atoms with Crippen LogP contribution in [0.25, 0.3) is 11.0 Å². The summed E-state index contributed by atoms with van der Waals surface area (Å²) in [7, 11) is 0. The van der Waals surface area contributed by atoms with Crippen LogP contribution < -0.4 is 15.5 Å². The molecule has 1 saturated heterocycles. The van der Waals surface area contributed by atoms with Gasteiger partial charge in [-0.15, -0.1) is 11.8 Å². The highest BCUT2D eigenvalue weighted by molar-refractivity contribution is 7.98. The number of hydrogen-bond donors (Lipinski definition) is 4. The number of H-pyrrole nitrogens is 1. The average molecular weight is 450 g/mol. The number of aromatic amines is 1. The molecule has 3 heterocycles. The molecule has 0 atom stereocenters. The maximum absolute atomic E-state index is 9.81. The number of phenols is 1. The molecule has 0 spiro atoms. The van der Waals surface area contributed by atoms with Gasteiger partial charge in [0.15, 0.2) is 5.65 Å². The Morgan fingerprint density at radius 2 is 1.84 bits per heavy atom. The van der Waals surface area contributed by atoms with Crippen LogP contribution in [0.1, 0.15) is 0 Å². The summed E-state index contributed by atoms with van der Waals surface area (Å²) in [6.07, 6.45) is 1.95. The summed E-state index contributed by atoms with van der Waals surface area (Å²) >= 11 is 1.51. The largest absolute Gasteiger partial charge is 0.508 e. The molecule has 0 saturated carbocycles. The van der Waals surface area contributed by atoms with Crippen molar-refractivity contribution in [3.05, 3.63) is 48.5 Å². The number of rotatable bonds is 6. The summed E-state index contributed by atoms with van der Waals surface area (Å²) in [5.41, 5.74) is 3.40. The normalized spacial score (nSPS) is 14.0. The summed E-state index contributed by atoms with van der Waals surface area (Å²) in [6.45, 7) is 3.30. The molecule has 0 unspecified atom stereocenters. The first kappa shape index (κ1) is 20.4. The van der Waals surface area contributed by atoms with Gasteiger partial charge in [0, 0.05) is 36.2 Å². The van der Waals surface area contributed by atoms with Crippen LogP contribution in [0, 0.1) is 0 Å². The van der Waals surface area contributed by atoms with Gasteiger partial charge in [-0.3, -0.25) is 5.10 Å². The van der Waals surface area contributed by atoms with Crippen LogP contribution in [0.15, 0.2) is 53.6 Å². The van der Waals surface area contributed by atoms with Crippen molar-refractivity contribution in [2.24, 2.45) is 0 Å². The molecule has 164 valence electrons. The van der Waals surface area contributed by atoms with Crippen LogP contribution in [0.5, 0.6) is 5.75 Å². The van der Waals surface area contributed by atoms with Crippen LogP contribution in [-0.2, 0) is 4.74 Å². The van der Waals surface area contributed by atoms with Gasteiger partial charge < -0.3 is 25.4 Å². The first-order valence-corrected chi connectivity index (χ1v) is 11.5. The number of phenolic OH excluding ortho intramolecular Hbond substituents is 1. The molecule has 5 rings (SSSR count). The van der Waals surface area contributed by atoms with E-state index in [-0.39, 0.29) is 5.75 Å². The molecule has 4 N–H and O–H groups in total. The van der Waals surface area contributed by atoms with Gasteiger partial charge in [-0.2, -0.15) is 15.1 Å². The molecular weight excluding hydrogens is 426 g/mol. The minimum atomic E-state index is 0.177. The van der Waals surface area contributed by atoms with Crippen molar-refractivity contribution >= 4 is 51.6 Å².